The predicted octanol–water partition coefficient (Wildman–Crippen LogP) is 1.49. The van der Waals surface area contributed by atoms with Crippen LogP contribution in [-0.4, -0.2) is 15.0 Å². The van der Waals surface area contributed by atoms with Crippen LogP contribution in [0.4, 0.5) is 5.95 Å². The van der Waals surface area contributed by atoms with Gasteiger partial charge in [-0.15, -0.1) is 0 Å². The van der Waals surface area contributed by atoms with Gasteiger partial charge in [-0.2, -0.15) is 9.97 Å². The van der Waals surface area contributed by atoms with Crippen LogP contribution in [0.3, 0.4) is 0 Å². The molecule has 19 heavy (non-hydrogen) atoms. The second-order valence-corrected chi connectivity index (χ2v) is 4.32. The van der Waals surface area contributed by atoms with E-state index >= 15 is 0 Å². The monoisotopic (exact) mass is 252 g/mol. The number of aromatic nitrogens is 3. The Labute approximate surface area is 109 Å². The highest BCUT2D eigenvalue weighted by Gasteiger charge is 2.02. The summed E-state index contributed by atoms with van der Waals surface area (Å²) >= 11 is 0. The molecule has 0 saturated heterocycles. The third kappa shape index (κ3) is 2.44. The Kier molecular flexibility index (Phi) is 2.72. The van der Waals surface area contributed by atoms with Crippen LogP contribution in [0.15, 0.2) is 47.3 Å². The molecule has 3 aromatic rings. The zero-order valence-corrected chi connectivity index (χ0v) is 10.1. The molecule has 0 atom stereocenters. The van der Waals surface area contributed by atoms with E-state index in [4.69, 9.17) is 5.73 Å². The van der Waals surface area contributed by atoms with Gasteiger partial charge < -0.3 is 5.73 Å². The molecular weight excluding hydrogens is 240 g/mol. The maximum Gasteiger partial charge on any atom is 0.349 e. The van der Waals surface area contributed by atoms with E-state index in [-0.39, 0.29) is 5.95 Å². The Morgan fingerprint density at radius 2 is 1.84 bits per heavy atom. The minimum absolute atomic E-state index is 0.000427. The molecule has 1 heterocycles. The third-order valence-corrected chi connectivity index (χ3v) is 2.90. The van der Waals surface area contributed by atoms with Gasteiger partial charge in [-0.05, 0) is 16.3 Å². The van der Waals surface area contributed by atoms with Gasteiger partial charge in [-0.25, -0.2) is 4.79 Å². The van der Waals surface area contributed by atoms with Gasteiger partial charge >= 0.3 is 5.69 Å². The summed E-state index contributed by atoms with van der Waals surface area (Å²) in [5, 5.41) is 2.34. The normalized spacial score (nSPS) is 10.7. The van der Waals surface area contributed by atoms with E-state index in [9.17, 15) is 4.79 Å². The number of hydrogen-bond donors (Lipinski definition) is 2. The van der Waals surface area contributed by atoms with Crippen LogP contribution < -0.4 is 11.4 Å². The molecule has 0 aliphatic heterocycles. The molecule has 3 rings (SSSR count). The van der Waals surface area contributed by atoms with Gasteiger partial charge in [0.15, 0.2) is 0 Å². The summed E-state index contributed by atoms with van der Waals surface area (Å²) in [4.78, 5) is 21.3. The highest BCUT2D eigenvalue weighted by atomic mass is 16.1. The highest BCUT2D eigenvalue weighted by molar-refractivity contribution is 5.83. The standard InChI is InChI=1S/C14H12N4O/c15-13-16-12(17-14(19)18-13)8-9-5-6-10-3-1-2-4-11(10)7-9/h1-7H,8H2,(H3,15,16,17,18,19). The smallest absolute Gasteiger partial charge is 0.349 e. The molecule has 2 aromatic carbocycles. The predicted molar refractivity (Wildman–Crippen MR) is 73.8 cm³/mol. The van der Waals surface area contributed by atoms with Gasteiger partial charge in [-0.3, -0.25) is 4.98 Å². The highest BCUT2D eigenvalue weighted by Crippen LogP contribution is 2.16. The van der Waals surface area contributed by atoms with Crippen LogP contribution in [0.5, 0.6) is 0 Å². The molecule has 0 radical (unpaired) electrons. The van der Waals surface area contributed by atoms with Crippen LogP contribution in [0.1, 0.15) is 11.4 Å². The topological polar surface area (TPSA) is 84.7 Å². The van der Waals surface area contributed by atoms with Crippen molar-refractivity contribution in [3.05, 3.63) is 64.3 Å². The molecule has 0 amide bonds. The Balaban J connectivity index is 1.98. The SMILES string of the molecule is Nc1nc(Cc2ccc3ccccc3c2)[nH]c(=O)n1. The van der Waals surface area contributed by atoms with Crippen molar-refractivity contribution in [3.8, 4) is 0 Å². The van der Waals surface area contributed by atoms with Gasteiger partial charge in [0.1, 0.15) is 5.82 Å². The number of H-pyrrole nitrogens is 1. The number of benzene rings is 2. The average molecular weight is 252 g/mol. The number of nitrogen functional groups attached to an aromatic ring is 1. The lowest BCUT2D eigenvalue weighted by Gasteiger charge is -2.03. The van der Waals surface area contributed by atoms with Gasteiger partial charge in [-0.1, -0.05) is 42.5 Å². The minimum atomic E-state index is -0.469. The molecule has 0 aliphatic rings. The van der Waals surface area contributed by atoms with Crippen molar-refractivity contribution in [1.29, 1.82) is 0 Å². The summed E-state index contributed by atoms with van der Waals surface area (Å²) in [7, 11) is 0. The summed E-state index contributed by atoms with van der Waals surface area (Å²) < 4.78 is 0. The van der Waals surface area contributed by atoms with Crippen LogP contribution >= 0.6 is 0 Å². The second-order valence-electron chi connectivity index (χ2n) is 4.32. The molecule has 0 bridgehead atoms. The van der Waals surface area contributed by atoms with E-state index in [2.05, 4.69) is 33.2 Å². The van der Waals surface area contributed by atoms with E-state index in [0.717, 1.165) is 10.9 Å². The molecule has 0 spiro atoms. The van der Waals surface area contributed by atoms with Crippen molar-refractivity contribution < 1.29 is 0 Å². The summed E-state index contributed by atoms with van der Waals surface area (Å²) in [6.07, 6.45) is 0.521. The lowest BCUT2D eigenvalue weighted by molar-refractivity contribution is 0.894. The van der Waals surface area contributed by atoms with E-state index in [1.807, 2.05) is 24.3 Å². The molecule has 94 valence electrons. The first-order chi connectivity index (χ1) is 9.20. The lowest BCUT2D eigenvalue weighted by Crippen LogP contribution is -2.17. The lowest BCUT2D eigenvalue weighted by atomic mass is 10.1. The first kappa shape index (κ1) is 11.4. The number of anilines is 1. The third-order valence-electron chi connectivity index (χ3n) is 2.90. The number of nitrogens with two attached hydrogens (primary N) is 1. The van der Waals surface area contributed by atoms with Crippen LogP contribution in [0.2, 0.25) is 0 Å². The van der Waals surface area contributed by atoms with Crippen molar-refractivity contribution >= 4 is 16.7 Å². The summed E-state index contributed by atoms with van der Waals surface area (Å²) in [6.45, 7) is 0. The number of rotatable bonds is 2. The fourth-order valence-corrected chi connectivity index (χ4v) is 2.07. The van der Waals surface area contributed by atoms with Crippen LogP contribution in [0.25, 0.3) is 10.8 Å². The van der Waals surface area contributed by atoms with Gasteiger partial charge in [0.25, 0.3) is 0 Å². The number of nitrogens with one attached hydrogen (secondary N) is 1. The molecule has 0 unspecified atom stereocenters. The van der Waals surface area contributed by atoms with Crippen molar-refractivity contribution in [1.82, 2.24) is 15.0 Å². The molecular formula is C14H12N4O. The molecule has 5 heteroatoms. The minimum Gasteiger partial charge on any atom is -0.368 e. The van der Waals surface area contributed by atoms with E-state index < -0.39 is 5.69 Å². The van der Waals surface area contributed by atoms with Gasteiger partial charge in [0.2, 0.25) is 5.95 Å². The van der Waals surface area contributed by atoms with Crippen molar-refractivity contribution in [3.63, 3.8) is 0 Å². The van der Waals surface area contributed by atoms with Crippen LogP contribution in [-0.2, 0) is 6.42 Å². The molecule has 1 aromatic heterocycles. The second kappa shape index (κ2) is 4.53. The number of nitrogens with zero attached hydrogens (tertiary/aromatic N) is 2. The quantitative estimate of drug-likeness (QED) is 0.723. The number of hydrogen-bond acceptors (Lipinski definition) is 4. The Hall–Kier alpha value is -2.69. The summed E-state index contributed by atoms with van der Waals surface area (Å²) in [5.74, 6) is 0.521. The molecule has 0 aliphatic carbocycles. The zero-order valence-electron chi connectivity index (χ0n) is 10.1. The zero-order chi connectivity index (χ0) is 13.2. The average Bonchev–Trinajstić information content (AvgIpc) is 2.37. The fraction of sp³-hybridized carbons (Fsp3) is 0.0714. The molecule has 3 N–H and O–H groups in total. The van der Waals surface area contributed by atoms with E-state index in [0.29, 0.717) is 12.2 Å². The maximum atomic E-state index is 11.2. The Morgan fingerprint density at radius 3 is 2.63 bits per heavy atom. The van der Waals surface area contributed by atoms with Crippen LogP contribution in [0, 0.1) is 0 Å². The Morgan fingerprint density at radius 1 is 1.05 bits per heavy atom. The summed E-state index contributed by atoms with van der Waals surface area (Å²) in [5.41, 5.74) is 6.05. The molecule has 0 saturated carbocycles. The van der Waals surface area contributed by atoms with Gasteiger partial charge in [0.05, 0.1) is 0 Å². The van der Waals surface area contributed by atoms with Gasteiger partial charge in [0, 0.05) is 6.42 Å². The largest absolute Gasteiger partial charge is 0.368 e. The van der Waals surface area contributed by atoms with Crippen molar-refractivity contribution in [2.45, 2.75) is 6.42 Å². The molecule has 5 nitrogen and oxygen atoms in total. The summed E-state index contributed by atoms with van der Waals surface area (Å²) in [6, 6.07) is 14.2. The Bertz CT molecular complexity index is 795. The van der Waals surface area contributed by atoms with E-state index in [1.54, 1.807) is 0 Å². The van der Waals surface area contributed by atoms with E-state index in [1.165, 1.54) is 5.39 Å². The van der Waals surface area contributed by atoms with Crippen molar-refractivity contribution in [2.75, 3.05) is 5.73 Å². The first-order valence-electron chi connectivity index (χ1n) is 5.91. The first-order valence-corrected chi connectivity index (χ1v) is 5.91. The molecule has 0 fully saturated rings. The van der Waals surface area contributed by atoms with Crippen molar-refractivity contribution in [2.24, 2.45) is 0 Å². The fourth-order valence-electron chi connectivity index (χ4n) is 2.07. The number of aromatic amines is 1. The maximum absolute atomic E-state index is 11.2. The number of fused-ring (bicyclic) bond motifs is 1.